The molecule has 1 aliphatic rings. The molecular formula is C32H36Cl2N2O2S. The van der Waals surface area contributed by atoms with Gasteiger partial charge in [0.15, 0.2) is 0 Å². The highest BCUT2D eigenvalue weighted by Crippen LogP contribution is 2.29. The number of halogens is 2. The van der Waals surface area contributed by atoms with E-state index in [-0.39, 0.29) is 23.6 Å². The molecule has 0 radical (unpaired) electrons. The van der Waals surface area contributed by atoms with Crippen molar-refractivity contribution in [2.45, 2.75) is 69.8 Å². The van der Waals surface area contributed by atoms with Crippen LogP contribution in [0.15, 0.2) is 72.8 Å². The van der Waals surface area contributed by atoms with Gasteiger partial charge >= 0.3 is 0 Å². The summed E-state index contributed by atoms with van der Waals surface area (Å²) in [6.45, 7) is 2.40. The molecule has 1 aliphatic carbocycles. The lowest BCUT2D eigenvalue weighted by Crippen LogP contribution is -2.53. The molecule has 4 rings (SSSR count). The molecule has 0 bridgehead atoms. The number of carbonyl (C=O) groups excluding carboxylic acids is 2. The smallest absolute Gasteiger partial charge is 0.243 e. The Morgan fingerprint density at radius 1 is 0.923 bits per heavy atom. The highest BCUT2D eigenvalue weighted by molar-refractivity contribution is 7.99. The maximum atomic E-state index is 13.9. The molecule has 0 heterocycles. The van der Waals surface area contributed by atoms with Crippen molar-refractivity contribution >= 4 is 46.8 Å². The van der Waals surface area contributed by atoms with Crippen LogP contribution in [0.1, 0.15) is 54.4 Å². The van der Waals surface area contributed by atoms with E-state index in [2.05, 4.69) is 11.4 Å². The zero-order valence-electron chi connectivity index (χ0n) is 22.4. The van der Waals surface area contributed by atoms with Crippen LogP contribution < -0.4 is 5.32 Å². The van der Waals surface area contributed by atoms with Crippen LogP contribution in [0.25, 0.3) is 0 Å². The zero-order chi connectivity index (χ0) is 27.6. The van der Waals surface area contributed by atoms with E-state index in [0.717, 1.165) is 47.9 Å². The third kappa shape index (κ3) is 8.76. The van der Waals surface area contributed by atoms with Crippen LogP contribution in [0.5, 0.6) is 0 Å². The van der Waals surface area contributed by atoms with Gasteiger partial charge in [-0.15, -0.1) is 11.8 Å². The summed E-state index contributed by atoms with van der Waals surface area (Å²) < 4.78 is 0. The van der Waals surface area contributed by atoms with E-state index < -0.39 is 6.04 Å². The number of nitrogens with one attached hydrogen (secondary N) is 1. The molecule has 0 spiro atoms. The third-order valence-electron chi connectivity index (χ3n) is 7.19. The predicted molar refractivity (Wildman–Crippen MR) is 163 cm³/mol. The standard InChI is InChI=1S/C32H36Cl2N2O2S/c1-23-10-8-13-25(18-23)20-36(31(37)22-39-21-27-28(33)16-9-17-29(27)34)30(19-24-11-4-2-5-12-24)32(38)35-26-14-6-3-7-15-26/h2,4-5,8-13,16-18,26,30H,3,6-7,14-15,19-22H2,1H3,(H,35,38)/t30-/m0/s1. The molecule has 1 N–H and O–H groups in total. The summed E-state index contributed by atoms with van der Waals surface area (Å²) in [6.07, 6.45) is 5.90. The molecule has 0 aromatic heterocycles. The summed E-state index contributed by atoms with van der Waals surface area (Å²) in [5.74, 6) is 0.575. The van der Waals surface area contributed by atoms with Gasteiger partial charge in [-0.1, -0.05) is 109 Å². The molecule has 206 valence electrons. The van der Waals surface area contributed by atoms with Crippen LogP contribution in [0.2, 0.25) is 10.0 Å². The van der Waals surface area contributed by atoms with Gasteiger partial charge in [0, 0.05) is 34.8 Å². The van der Waals surface area contributed by atoms with Gasteiger partial charge in [0.25, 0.3) is 0 Å². The van der Waals surface area contributed by atoms with Crippen molar-refractivity contribution in [3.63, 3.8) is 0 Å². The Morgan fingerprint density at radius 2 is 1.59 bits per heavy atom. The molecule has 1 atom stereocenters. The minimum atomic E-state index is -0.619. The number of nitrogens with zero attached hydrogens (tertiary/aromatic N) is 1. The fourth-order valence-electron chi connectivity index (χ4n) is 5.10. The average molecular weight is 584 g/mol. The molecule has 3 aromatic carbocycles. The molecule has 3 aromatic rings. The second-order valence-electron chi connectivity index (χ2n) is 10.3. The third-order valence-corrected chi connectivity index (χ3v) is 8.84. The van der Waals surface area contributed by atoms with Crippen LogP contribution >= 0.6 is 35.0 Å². The number of hydrogen-bond acceptors (Lipinski definition) is 3. The van der Waals surface area contributed by atoms with Gasteiger partial charge in [0.1, 0.15) is 6.04 Å². The van der Waals surface area contributed by atoms with E-state index in [1.165, 1.54) is 18.2 Å². The number of benzene rings is 3. The maximum absolute atomic E-state index is 13.9. The number of carbonyl (C=O) groups is 2. The molecule has 0 saturated heterocycles. The number of thioether (sulfide) groups is 1. The molecule has 2 amide bonds. The van der Waals surface area contributed by atoms with E-state index in [1.807, 2.05) is 61.5 Å². The second-order valence-corrected chi connectivity index (χ2v) is 12.1. The van der Waals surface area contributed by atoms with Crippen LogP contribution in [-0.4, -0.2) is 34.6 Å². The quantitative estimate of drug-likeness (QED) is 0.253. The molecule has 1 fully saturated rings. The second kappa shape index (κ2) is 14.8. The average Bonchev–Trinajstić information content (AvgIpc) is 2.93. The van der Waals surface area contributed by atoms with Gasteiger partial charge in [-0.05, 0) is 48.6 Å². The topological polar surface area (TPSA) is 49.4 Å². The summed E-state index contributed by atoms with van der Waals surface area (Å²) in [6, 6.07) is 23.0. The monoisotopic (exact) mass is 582 g/mol. The first-order valence-corrected chi connectivity index (χ1v) is 15.5. The molecule has 7 heteroatoms. The van der Waals surface area contributed by atoms with Gasteiger partial charge in [-0.2, -0.15) is 0 Å². The van der Waals surface area contributed by atoms with Crippen LogP contribution in [-0.2, 0) is 28.3 Å². The molecule has 39 heavy (non-hydrogen) atoms. The summed E-state index contributed by atoms with van der Waals surface area (Å²) in [7, 11) is 0. The van der Waals surface area contributed by atoms with Crippen LogP contribution in [0.3, 0.4) is 0 Å². The van der Waals surface area contributed by atoms with E-state index in [0.29, 0.717) is 28.8 Å². The Labute approximate surface area is 246 Å². The fourth-order valence-corrected chi connectivity index (χ4v) is 6.75. The summed E-state index contributed by atoms with van der Waals surface area (Å²) in [5.41, 5.74) is 3.97. The summed E-state index contributed by atoms with van der Waals surface area (Å²) in [5, 5.41) is 4.48. The molecule has 4 nitrogen and oxygen atoms in total. The number of aryl methyl sites for hydroxylation is 1. The van der Waals surface area contributed by atoms with E-state index in [4.69, 9.17) is 23.2 Å². The van der Waals surface area contributed by atoms with Crippen molar-refractivity contribution in [2.24, 2.45) is 0 Å². The summed E-state index contributed by atoms with van der Waals surface area (Å²) >= 11 is 14.2. The molecular weight excluding hydrogens is 547 g/mol. The Kier molecular flexibility index (Phi) is 11.2. The lowest BCUT2D eigenvalue weighted by molar-refractivity contribution is -0.139. The first-order chi connectivity index (χ1) is 18.9. The Bertz CT molecular complexity index is 1230. The van der Waals surface area contributed by atoms with Crippen molar-refractivity contribution < 1.29 is 9.59 Å². The number of rotatable bonds is 11. The highest BCUT2D eigenvalue weighted by atomic mass is 35.5. The predicted octanol–water partition coefficient (Wildman–Crippen LogP) is 7.62. The fraction of sp³-hybridized carbons (Fsp3) is 0.375. The van der Waals surface area contributed by atoms with E-state index >= 15 is 0 Å². The molecule has 1 saturated carbocycles. The van der Waals surface area contributed by atoms with Gasteiger partial charge in [0.05, 0.1) is 5.75 Å². The zero-order valence-corrected chi connectivity index (χ0v) is 24.7. The first kappa shape index (κ1) is 29.5. The summed E-state index contributed by atoms with van der Waals surface area (Å²) in [4.78, 5) is 29.5. The molecule has 0 aliphatic heterocycles. The Hall–Kier alpha value is -2.47. The lowest BCUT2D eigenvalue weighted by Gasteiger charge is -2.33. The van der Waals surface area contributed by atoms with Gasteiger partial charge in [0.2, 0.25) is 11.8 Å². The normalized spacial score (nSPS) is 14.5. The highest BCUT2D eigenvalue weighted by Gasteiger charge is 2.32. The Morgan fingerprint density at radius 3 is 2.28 bits per heavy atom. The van der Waals surface area contributed by atoms with Crippen molar-refractivity contribution in [3.05, 3.63) is 105 Å². The van der Waals surface area contributed by atoms with Crippen molar-refractivity contribution in [3.8, 4) is 0 Å². The van der Waals surface area contributed by atoms with Crippen LogP contribution in [0.4, 0.5) is 0 Å². The van der Waals surface area contributed by atoms with Crippen molar-refractivity contribution in [2.75, 3.05) is 5.75 Å². The maximum Gasteiger partial charge on any atom is 0.243 e. The SMILES string of the molecule is Cc1cccc(CN(C(=O)CSCc2c(Cl)cccc2Cl)[C@@H](Cc2ccccc2)C(=O)NC2CCCCC2)c1. The van der Waals surface area contributed by atoms with Gasteiger partial charge < -0.3 is 10.2 Å². The lowest BCUT2D eigenvalue weighted by atomic mass is 9.94. The van der Waals surface area contributed by atoms with Crippen LogP contribution in [0, 0.1) is 6.92 Å². The van der Waals surface area contributed by atoms with Gasteiger partial charge in [-0.25, -0.2) is 0 Å². The number of hydrogen-bond donors (Lipinski definition) is 1. The number of amides is 2. The molecule has 0 unspecified atom stereocenters. The van der Waals surface area contributed by atoms with E-state index in [1.54, 1.807) is 17.0 Å². The largest absolute Gasteiger partial charge is 0.352 e. The minimum Gasteiger partial charge on any atom is -0.352 e. The Balaban J connectivity index is 1.58. The minimum absolute atomic E-state index is 0.0779. The van der Waals surface area contributed by atoms with Crippen molar-refractivity contribution in [1.29, 1.82) is 0 Å². The van der Waals surface area contributed by atoms with Crippen molar-refractivity contribution in [1.82, 2.24) is 10.2 Å². The first-order valence-electron chi connectivity index (χ1n) is 13.6. The van der Waals surface area contributed by atoms with E-state index in [9.17, 15) is 9.59 Å². The van der Waals surface area contributed by atoms with Gasteiger partial charge in [-0.3, -0.25) is 9.59 Å².